The molecule has 0 atom stereocenters. The molecule has 0 saturated heterocycles. The van der Waals surface area contributed by atoms with Crippen LogP contribution in [-0.4, -0.2) is 11.1 Å². The summed E-state index contributed by atoms with van der Waals surface area (Å²) in [5.74, 6) is -0.0321. The summed E-state index contributed by atoms with van der Waals surface area (Å²) in [5.41, 5.74) is 0.722. The van der Waals surface area contributed by atoms with E-state index in [-0.39, 0.29) is 0 Å². The normalized spacial score (nSPS) is 34.1. The lowest BCUT2D eigenvalue weighted by Gasteiger charge is -2.48. The highest BCUT2D eigenvalue weighted by Gasteiger charge is 2.42. The standard InChI is InChI=1S/C14H22O2/c1-11(13(15)16)10-14-8-4-2-6-12(14)7-3-5-9-14/h12H,1-10H2,(H,15,16). The third kappa shape index (κ3) is 2.16. The molecular weight excluding hydrogens is 200 g/mol. The number of aliphatic carboxylic acids is 1. The fraction of sp³-hybridized carbons (Fsp3) is 0.786. The summed E-state index contributed by atoms with van der Waals surface area (Å²) in [4.78, 5) is 10.9. The molecule has 0 spiro atoms. The van der Waals surface area contributed by atoms with Gasteiger partial charge in [0, 0.05) is 5.57 Å². The minimum atomic E-state index is -0.802. The SMILES string of the molecule is C=C(CC12CCCCC1CCCC2)C(=O)O. The minimum absolute atomic E-state index is 0.298. The molecule has 0 unspecified atom stereocenters. The molecule has 0 aromatic rings. The zero-order chi connectivity index (χ0) is 11.6. The van der Waals surface area contributed by atoms with Crippen molar-refractivity contribution in [2.45, 2.75) is 57.8 Å². The van der Waals surface area contributed by atoms with Gasteiger partial charge in [-0.05, 0) is 43.4 Å². The van der Waals surface area contributed by atoms with Crippen LogP contribution in [0.4, 0.5) is 0 Å². The largest absolute Gasteiger partial charge is 0.478 e. The molecule has 0 radical (unpaired) electrons. The van der Waals surface area contributed by atoms with Gasteiger partial charge in [-0.3, -0.25) is 0 Å². The second-order valence-corrected chi connectivity index (χ2v) is 5.64. The van der Waals surface area contributed by atoms with E-state index in [1.165, 1.54) is 51.4 Å². The second kappa shape index (κ2) is 4.60. The average molecular weight is 222 g/mol. The molecule has 2 saturated carbocycles. The van der Waals surface area contributed by atoms with E-state index in [1.807, 2.05) is 0 Å². The summed E-state index contributed by atoms with van der Waals surface area (Å²) < 4.78 is 0. The van der Waals surface area contributed by atoms with Crippen molar-refractivity contribution < 1.29 is 9.90 Å². The average Bonchev–Trinajstić information content (AvgIpc) is 2.28. The van der Waals surface area contributed by atoms with Gasteiger partial charge in [0.1, 0.15) is 0 Å². The highest BCUT2D eigenvalue weighted by molar-refractivity contribution is 5.85. The highest BCUT2D eigenvalue weighted by Crippen LogP contribution is 2.53. The van der Waals surface area contributed by atoms with Crippen molar-refractivity contribution >= 4 is 5.97 Å². The molecule has 2 heteroatoms. The molecule has 0 heterocycles. The summed E-state index contributed by atoms with van der Waals surface area (Å²) in [6.07, 6.45) is 11.0. The van der Waals surface area contributed by atoms with E-state index < -0.39 is 5.97 Å². The summed E-state index contributed by atoms with van der Waals surface area (Å²) in [7, 11) is 0. The maximum absolute atomic E-state index is 10.9. The van der Waals surface area contributed by atoms with Crippen LogP contribution < -0.4 is 0 Å². The van der Waals surface area contributed by atoms with E-state index >= 15 is 0 Å². The van der Waals surface area contributed by atoms with E-state index in [4.69, 9.17) is 5.11 Å². The molecule has 1 N–H and O–H groups in total. The molecule has 0 aliphatic heterocycles. The number of rotatable bonds is 3. The summed E-state index contributed by atoms with van der Waals surface area (Å²) >= 11 is 0. The Morgan fingerprint density at radius 1 is 1.19 bits per heavy atom. The van der Waals surface area contributed by atoms with Crippen LogP contribution in [0.15, 0.2) is 12.2 Å². The van der Waals surface area contributed by atoms with Gasteiger partial charge in [-0.15, -0.1) is 0 Å². The topological polar surface area (TPSA) is 37.3 Å². The maximum atomic E-state index is 10.9. The van der Waals surface area contributed by atoms with Gasteiger partial charge in [0.05, 0.1) is 0 Å². The molecule has 0 aromatic heterocycles. The van der Waals surface area contributed by atoms with Crippen molar-refractivity contribution in [1.29, 1.82) is 0 Å². The molecule has 2 fully saturated rings. The number of hydrogen-bond donors (Lipinski definition) is 1. The maximum Gasteiger partial charge on any atom is 0.330 e. The van der Waals surface area contributed by atoms with Crippen molar-refractivity contribution in [1.82, 2.24) is 0 Å². The van der Waals surface area contributed by atoms with Crippen molar-refractivity contribution in [3.8, 4) is 0 Å². The third-order valence-corrected chi connectivity index (χ3v) is 4.69. The highest BCUT2D eigenvalue weighted by atomic mass is 16.4. The molecule has 2 nitrogen and oxygen atoms in total. The second-order valence-electron chi connectivity index (χ2n) is 5.64. The molecule has 0 amide bonds. The lowest BCUT2D eigenvalue weighted by molar-refractivity contribution is -0.133. The molecule has 2 aliphatic carbocycles. The number of fused-ring (bicyclic) bond motifs is 1. The van der Waals surface area contributed by atoms with Gasteiger partial charge in [-0.25, -0.2) is 4.79 Å². The van der Waals surface area contributed by atoms with Gasteiger partial charge >= 0.3 is 5.97 Å². The van der Waals surface area contributed by atoms with Crippen LogP contribution in [0.25, 0.3) is 0 Å². The predicted molar refractivity (Wildman–Crippen MR) is 64.3 cm³/mol. The molecule has 0 bridgehead atoms. The van der Waals surface area contributed by atoms with Crippen LogP contribution in [0.5, 0.6) is 0 Å². The van der Waals surface area contributed by atoms with Crippen molar-refractivity contribution in [2.24, 2.45) is 11.3 Å². The first-order valence-corrected chi connectivity index (χ1v) is 6.55. The number of hydrogen-bond acceptors (Lipinski definition) is 1. The Morgan fingerprint density at radius 3 is 2.25 bits per heavy atom. The number of carboxylic acids is 1. The number of carbonyl (C=O) groups is 1. The van der Waals surface area contributed by atoms with Crippen molar-refractivity contribution in [2.75, 3.05) is 0 Å². The Bertz CT molecular complexity index is 281. The Hall–Kier alpha value is -0.790. The third-order valence-electron chi connectivity index (χ3n) is 4.69. The minimum Gasteiger partial charge on any atom is -0.478 e. The van der Waals surface area contributed by atoms with Gasteiger partial charge in [-0.2, -0.15) is 0 Å². The van der Waals surface area contributed by atoms with Crippen LogP contribution in [0, 0.1) is 11.3 Å². The van der Waals surface area contributed by atoms with Crippen molar-refractivity contribution in [3.05, 3.63) is 12.2 Å². The first kappa shape index (κ1) is 11.7. The van der Waals surface area contributed by atoms with Crippen LogP contribution in [0.1, 0.15) is 57.8 Å². The lowest BCUT2D eigenvalue weighted by Crippen LogP contribution is -2.37. The van der Waals surface area contributed by atoms with E-state index in [2.05, 4.69) is 6.58 Å². The molecule has 2 rings (SSSR count). The molecule has 2 aliphatic rings. The van der Waals surface area contributed by atoms with E-state index in [0.717, 1.165) is 12.3 Å². The van der Waals surface area contributed by atoms with E-state index in [1.54, 1.807) is 0 Å². The van der Waals surface area contributed by atoms with E-state index in [0.29, 0.717) is 11.0 Å². The van der Waals surface area contributed by atoms with Gasteiger partial charge in [-0.1, -0.05) is 32.3 Å². The fourth-order valence-corrected chi connectivity index (χ4v) is 3.85. The predicted octanol–water partition coefficient (Wildman–Crippen LogP) is 3.77. The Morgan fingerprint density at radius 2 is 1.75 bits per heavy atom. The summed E-state index contributed by atoms with van der Waals surface area (Å²) in [6.45, 7) is 3.73. The van der Waals surface area contributed by atoms with Crippen LogP contribution in [0.3, 0.4) is 0 Å². The molecular formula is C14H22O2. The first-order valence-electron chi connectivity index (χ1n) is 6.55. The smallest absolute Gasteiger partial charge is 0.330 e. The zero-order valence-corrected chi connectivity index (χ0v) is 10.0. The van der Waals surface area contributed by atoms with E-state index in [9.17, 15) is 4.79 Å². The molecule has 16 heavy (non-hydrogen) atoms. The van der Waals surface area contributed by atoms with Gasteiger partial charge in [0.15, 0.2) is 0 Å². The summed E-state index contributed by atoms with van der Waals surface area (Å²) in [6, 6.07) is 0. The summed E-state index contributed by atoms with van der Waals surface area (Å²) in [5, 5.41) is 9.00. The van der Waals surface area contributed by atoms with Gasteiger partial charge in [0.25, 0.3) is 0 Å². The van der Waals surface area contributed by atoms with Crippen molar-refractivity contribution in [3.63, 3.8) is 0 Å². The van der Waals surface area contributed by atoms with Gasteiger partial charge < -0.3 is 5.11 Å². The van der Waals surface area contributed by atoms with Crippen LogP contribution in [0.2, 0.25) is 0 Å². The monoisotopic (exact) mass is 222 g/mol. The number of carboxylic acid groups (broad SMARTS) is 1. The quantitative estimate of drug-likeness (QED) is 0.738. The Kier molecular flexibility index (Phi) is 3.36. The molecule has 0 aromatic carbocycles. The van der Waals surface area contributed by atoms with Gasteiger partial charge in [0.2, 0.25) is 0 Å². The lowest BCUT2D eigenvalue weighted by atomic mass is 9.57. The fourth-order valence-electron chi connectivity index (χ4n) is 3.85. The van der Waals surface area contributed by atoms with Crippen LogP contribution in [-0.2, 0) is 4.79 Å². The van der Waals surface area contributed by atoms with Crippen LogP contribution >= 0.6 is 0 Å². The Labute approximate surface area is 97.7 Å². The first-order chi connectivity index (χ1) is 7.64. The Balaban J connectivity index is 2.11. The zero-order valence-electron chi connectivity index (χ0n) is 10.0. The molecule has 90 valence electrons.